The normalized spacial score (nSPS) is 20.5. The third kappa shape index (κ3) is 4.94. The number of carbonyl (C=O) groups is 1. The van der Waals surface area contributed by atoms with Crippen LogP contribution in [0.1, 0.15) is 40.0 Å². The lowest BCUT2D eigenvalue weighted by Crippen LogP contribution is -2.40. The Morgan fingerprint density at radius 1 is 1.44 bits per heavy atom. The highest BCUT2D eigenvalue weighted by Crippen LogP contribution is 2.18. The fourth-order valence-corrected chi connectivity index (χ4v) is 1.95. The van der Waals surface area contributed by atoms with E-state index in [-0.39, 0.29) is 5.97 Å². The number of nitrogens with one attached hydrogen (secondary N) is 1. The Kier molecular flexibility index (Phi) is 4.74. The Morgan fingerprint density at radius 3 is 2.50 bits per heavy atom. The molecule has 0 spiro atoms. The number of hydrogen-bond acceptors (Lipinski definition) is 4. The molecule has 0 aromatic carbocycles. The lowest BCUT2D eigenvalue weighted by atomic mass is 9.91. The number of carbonyl (C=O) groups excluding carboxylic acids is 1. The number of piperidine rings is 1. The van der Waals surface area contributed by atoms with Gasteiger partial charge in [0.1, 0.15) is 11.6 Å². The van der Waals surface area contributed by atoms with Gasteiger partial charge in [-0.05, 0) is 59.0 Å². The van der Waals surface area contributed by atoms with Crippen LogP contribution in [0.5, 0.6) is 0 Å². The standard InChI is InChI=1S/C12H24N2O2/c1-12(2,3)16-11(15)10(13)8-9-4-6-14-7-5-9/h9-10,14H,4-8,13H2,1-3H3. The molecule has 16 heavy (non-hydrogen) atoms. The first-order chi connectivity index (χ1) is 7.38. The molecule has 0 radical (unpaired) electrons. The van der Waals surface area contributed by atoms with Crippen molar-refractivity contribution in [2.45, 2.75) is 51.7 Å². The molecule has 0 aliphatic carbocycles. The molecule has 1 unspecified atom stereocenters. The van der Waals surface area contributed by atoms with Crippen molar-refractivity contribution in [2.75, 3.05) is 13.1 Å². The van der Waals surface area contributed by atoms with E-state index in [0.717, 1.165) is 32.4 Å². The maximum atomic E-state index is 11.7. The van der Waals surface area contributed by atoms with Crippen molar-refractivity contribution in [3.8, 4) is 0 Å². The Balaban J connectivity index is 2.33. The molecule has 4 nitrogen and oxygen atoms in total. The first-order valence-corrected chi connectivity index (χ1v) is 6.07. The number of ether oxygens (including phenoxy) is 1. The van der Waals surface area contributed by atoms with Crippen LogP contribution in [-0.2, 0) is 9.53 Å². The molecule has 1 atom stereocenters. The van der Waals surface area contributed by atoms with Gasteiger partial charge in [-0.3, -0.25) is 4.79 Å². The molecule has 1 aliphatic heterocycles. The number of esters is 1. The first kappa shape index (κ1) is 13.5. The molecule has 1 saturated heterocycles. The molecule has 0 amide bonds. The van der Waals surface area contributed by atoms with Gasteiger partial charge in [-0.15, -0.1) is 0 Å². The smallest absolute Gasteiger partial charge is 0.323 e. The Morgan fingerprint density at radius 2 is 2.00 bits per heavy atom. The second-order valence-corrected chi connectivity index (χ2v) is 5.57. The van der Waals surface area contributed by atoms with Gasteiger partial charge in [-0.1, -0.05) is 0 Å². The van der Waals surface area contributed by atoms with Gasteiger partial charge in [0, 0.05) is 0 Å². The fraction of sp³-hybridized carbons (Fsp3) is 0.917. The quantitative estimate of drug-likeness (QED) is 0.709. The van der Waals surface area contributed by atoms with Gasteiger partial charge in [0.25, 0.3) is 0 Å². The highest BCUT2D eigenvalue weighted by molar-refractivity contribution is 5.75. The predicted molar refractivity (Wildman–Crippen MR) is 64.0 cm³/mol. The molecule has 1 rings (SSSR count). The van der Waals surface area contributed by atoms with Crippen LogP contribution in [0.25, 0.3) is 0 Å². The minimum atomic E-state index is -0.470. The second-order valence-electron chi connectivity index (χ2n) is 5.57. The van der Waals surface area contributed by atoms with Crippen molar-refractivity contribution in [1.29, 1.82) is 0 Å². The van der Waals surface area contributed by atoms with E-state index in [1.807, 2.05) is 20.8 Å². The summed E-state index contributed by atoms with van der Waals surface area (Å²) in [5.74, 6) is 0.287. The van der Waals surface area contributed by atoms with E-state index in [1.54, 1.807) is 0 Å². The van der Waals surface area contributed by atoms with Crippen molar-refractivity contribution in [2.24, 2.45) is 11.7 Å². The van der Waals surface area contributed by atoms with Gasteiger partial charge >= 0.3 is 5.97 Å². The van der Waals surface area contributed by atoms with Crippen LogP contribution in [-0.4, -0.2) is 30.7 Å². The van der Waals surface area contributed by atoms with Crippen LogP contribution in [0.3, 0.4) is 0 Å². The van der Waals surface area contributed by atoms with E-state index in [4.69, 9.17) is 10.5 Å². The SMILES string of the molecule is CC(C)(C)OC(=O)C(N)CC1CCNCC1. The molecule has 0 aromatic rings. The summed E-state index contributed by atoms with van der Waals surface area (Å²) in [5, 5.41) is 3.30. The first-order valence-electron chi connectivity index (χ1n) is 6.07. The summed E-state index contributed by atoms with van der Waals surface area (Å²) < 4.78 is 5.26. The van der Waals surface area contributed by atoms with E-state index < -0.39 is 11.6 Å². The average molecular weight is 228 g/mol. The van der Waals surface area contributed by atoms with Gasteiger partial charge in [0.2, 0.25) is 0 Å². The summed E-state index contributed by atoms with van der Waals surface area (Å²) in [6.45, 7) is 7.66. The lowest BCUT2D eigenvalue weighted by molar-refractivity contribution is -0.157. The summed E-state index contributed by atoms with van der Waals surface area (Å²) in [6, 6.07) is -0.470. The summed E-state index contributed by atoms with van der Waals surface area (Å²) in [7, 11) is 0. The van der Waals surface area contributed by atoms with Crippen molar-refractivity contribution < 1.29 is 9.53 Å². The van der Waals surface area contributed by atoms with Gasteiger partial charge in [0.05, 0.1) is 0 Å². The minimum absolute atomic E-state index is 0.272. The maximum Gasteiger partial charge on any atom is 0.323 e. The third-order valence-electron chi connectivity index (χ3n) is 2.76. The van der Waals surface area contributed by atoms with Crippen molar-refractivity contribution in [3.63, 3.8) is 0 Å². The molecular weight excluding hydrogens is 204 g/mol. The third-order valence-corrected chi connectivity index (χ3v) is 2.76. The van der Waals surface area contributed by atoms with Gasteiger partial charge in [-0.25, -0.2) is 0 Å². The molecule has 1 aliphatic rings. The van der Waals surface area contributed by atoms with Crippen molar-refractivity contribution in [3.05, 3.63) is 0 Å². The molecule has 0 bridgehead atoms. The monoisotopic (exact) mass is 228 g/mol. The predicted octanol–water partition coefficient (Wildman–Crippen LogP) is 1.05. The van der Waals surface area contributed by atoms with Gasteiger partial charge in [0.15, 0.2) is 0 Å². The van der Waals surface area contributed by atoms with Crippen molar-refractivity contribution >= 4 is 5.97 Å². The summed E-state index contributed by atoms with van der Waals surface area (Å²) in [4.78, 5) is 11.7. The van der Waals surface area contributed by atoms with E-state index in [0.29, 0.717) is 5.92 Å². The zero-order valence-electron chi connectivity index (χ0n) is 10.6. The largest absolute Gasteiger partial charge is 0.459 e. The van der Waals surface area contributed by atoms with Crippen LogP contribution in [0.4, 0.5) is 0 Å². The molecule has 3 N–H and O–H groups in total. The summed E-state index contributed by atoms with van der Waals surface area (Å²) in [5.41, 5.74) is 5.42. The molecular formula is C12H24N2O2. The van der Waals surface area contributed by atoms with Crippen LogP contribution >= 0.6 is 0 Å². The molecule has 94 valence electrons. The molecule has 4 heteroatoms. The highest BCUT2D eigenvalue weighted by atomic mass is 16.6. The van der Waals surface area contributed by atoms with E-state index in [1.165, 1.54) is 0 Å². The summed E-state index contributed by atoms with van der Waals surface area (Å²) >= 11 is 0. The lowest BCUT2D eigenvalue weighted by Gasteiger charge is -2.26. The molecule has 1 fully saturated rings. The molecule has 0 saturated carbocycles. The Bertz CT molecular complexity index is 230. The van der Waals surface area contributed by atoms with Crippen LogP contribution in [0.15, 0.2) is 0 Å². The minimum Gasteiger partial charge on any atom is -0.459 e. The van der Waals surface area contributed by atoms with Crippen LogP contribution in [0.2, 0.25) is 0 Å². The Hall–Kier alpha value is -0.610. The number of rotatable bonds is 3. The number of hydrogen-bond donors (Lipinski definition) is 2. The fourth-order valence-electron chi connectivity index (χ4n) is 1.95. The highest BCUT2D eigenvalue weighted by Gasteiger charge is 2.25. The topological polar surface area (TPSA) is 64.3 Å². The maximum absolute atomic E-state index is 11.7. The second kappa shape index (κ2) is 5.64. The van der Waals surface area contributed by atoms with Crippen LogP contribution in [0, 0.1) is 5.92 Å². The van der Waals surface area contributed by atoms with Crippen molar-refractivity contribution in [1.82, 2.24) is 5.32 Å². The van der Waals surface area contributed by atoms with E-state index >= 15 is 0 Å². The van der Waals surface area contributed by atoms with Gasteiger partial charge in [-0.2, -0.15) is 0 Å². The summed E-state index contributed by atoms with van der Waals surface area (Å²) in [6.07, 6.45) is 2.96. The average Bonchev–Trinajstić information content (AvgIpc) is 2.16. The Labute approximate surface area is 97.9 Å². The number of nitrogens with two attached hydrogens (primary N) is 1. The zero-order valence-corrected chi connectivity index (χ0v) is 10.6. The zero-order chi connectivity index (χ0) is 12.2. The van der Waals surface area contributed by atoms with Gasteiger partial charge < -0.3 is 15.8 Å². The van der Waals surface area contributed by atoms with E-state index in [2.05, 4.69) is 5.32 Å². The molecule has 0 aromatic heterocycles. The van der Waals surface area contributed by atoms with E-state index in [9.17, 15) is 4.79 Å². The van der Waals surface area contributed by atoms with Crippen LogP contribution < -0.4 is 11.1 Å². The molecule has 1 heterocycles.